The van der Waals surface area contributed by atoms with Gasteiger partial charge in [0.15, 0.2) is 6.10 Å². The number of benzene rings is 1. The second kappa shape index (κ2) is 8.54. The summed E-state index contributed by atoms with van der Waals surface area (Å²) in [5.74, 6) is 1.32. The molecule has 1 saturated heterocycles. The molecule has 0 saturated carbocycles. The summed E-state index contributed by atoms with van der Waals surface area (Å²) < 4.78 is 5.79. The van der Waals surface area contributed by atoms with Crippen LogP contribution in [0.2, 0.25) is 0 Å². The van der Waals surface area contributed by atoms with Gasteiger partial charge in [0.2, 0.25) is 5.91 Å². The molecule has 2 amide bonds. The summed E-state index contributed by atoms with van der Waals surface area (Å²) in [4.78, 5) is 24.1. The fourth-order valence-corrected chi connectivity index (χ4v) is 3.60. The molecule has 1 aromatic rings. The number of anilines is 1. The van der Waals surface area contributed by atoms with Crippen LogP contribution in [0.5, 0.6) is 5.75 Å². The van der Waals surface area contributed by atoms with Crippen molar-refractivity contribution in [1.29, 1.82) is 0 Å². The van der Waals surface area contributed by atoms with Crippen molar-refractivity contribution in [3.63, 3.8) is 0 Å². The highest BCUT2D eigenvalue weighted by molar-refractivity contribution is 5.97. The van der Waals surface area contributed by atoms with E-state index in [-0.39, 0.29) is 17.9 Å². The molecule has 3 N–H and O–H groups in total. The molecule has 0 spiro atoms. The second-order valence-electron chi connectivity index (χ2n) is 7.28. The lowest BCUT2D eigenvalue weighted by atomic mass is 9.93. The van der Waals surface area contributed by atoms with Crippen LogP contribution in [0.3, 0.4) is 0 Å². The van der Waals surface area contributed by atoms with Crippen molar-refractivity contribution in [1.82, 2.24) is 10.6 Å². The number of rotatable bonds is 6. The minimum Gasteiger partial charge on any atom is -0.478 e. The van der Waals surface area contributed by atoms with Crippen LogP contribution in [0.4, 0.5) is 5.69 Å². The molecule has 0 aromatic heterocycles. The van der Waals surface area contributed by atoms with Crippen LogP contribution >= 0.6 is 0 Å². The Morgan fingerprint density at radius 1 is 1.35 bits per heavy atom. The summed E-state index contributed by atoms with van der Waals surface area (Å²) in [5, 5.41) is 9.30. The number of amides is 2. The molecule has 26 heavy (non-hydrogen) atoms. The summed E-state index contributed by atoms with van der Waals surface area (Å²) in [6.45, 7) is 6.02. The highest BCUT2D eigenvalue weighted by Crippen LogP contribution is 2.33. The zero-order valence-electron chi connectivity index (χ0n) is 15.6. The lowest BCUT2D eigenvalue weighted by molar-refractivity contribution is -0.123. The van der Waals surface area contributed by atoms with Crippen LogP contribution in [0.1, 0.15) is 57.6 Å². The minimum absolute atomic E-state index is 0.0920. The molecule has 2 unspecified atom stereocenters. The molecular formula is C20H29N3O3. The molecule has 6 heteroatoms. The highest BCUT2D eigenvalue weighted by Gasteiger charge is 2.26. The van der Waals surface area contributed by atoms with Gasteiger partial charge >= 0.3 is 0 Å². The van der Waals surface area contributed by atoms with E-state index < -0.39 is 6.10 Å². The summed E-state index contributed by atoms with van der Waals surface area (Å²) in [6.07, 6.45) is 4.03. The van der Waals surface area contributed by atoms with E-state index in [2.05, 4.69) is 16.0 Å². The zero-order valence-corrected chi connectivity index (χ0v) is 15.6. The molecule has 2 aliphatic heterocycles. The lowest BCUT2D eigenvalue weighted by Gasteiger charge is -2.26. The molecule has 1 fully saturated rings. The van der Waals surface area contributed by atoms with Gasteiger partial charge in [-0.25, -0.2) is 0 Å². The maximum absolute atomic E-state index is 12.3. The molecule has 142 valence electrons. The number of carbonyl (C=O) groups is 2. The van der Waals surface area contributed by atoms with Gasteiger partial charge in [-0.2, -0.15) is 0 Å². The predicted molar refractivity (Wildman–Crippen MR) is 101 cm³/mol. The van der Waals surface area contributed by atoms with E-state index in [1.54, 1.807) is 0 Å². The molecule has 3 rings (SSSR count). The van der Waals surface area contributed by atoms with Crippen LogP contribution in [-0.2, 0) is 9.59 Å². The van der Waals surface area contributed by atoms with Crippen molar-refractivity contribution in [3.8, 4) is 5.75 Å². The third kappa shape index (κ3) is 4.55. The second-order valence-corrected chi connectivity index (χ2v) is 7.28. The average Bonchev–Trinajstić information content (AvgIpc) is 2.66. The number of fused-ring (bicyclic) bond motifs is 1. The molecule has 1 aromatic carbocycles. The number of carbonyl (C=O) groups excluding carboxylic acids is 2. The predicted octanol–water partition coefficient (Wildman–Crippen LogP) is 2.75. The smallest absolute Gasteiger partial charge is 0.265 e. The van der Waals surface area contributed by atoms with Crippen LogP contribution in [-0.4, -0.2) is 31.0 Å². The third-order valence-corrected chi connectivity index (χ3v) is 5.31. The molecule has 2 atom stereocenters. The van der Waals surface area contributed by atoms with Gasteiger partial charge in [0.1, 0.15) is 5.75 Å². The third-order valence-electron chi connectivity index (χ3n) is 5.31. The van der Waals surface area contributed by atoms with E-state index in [4.69, 9.17) is 4.74 Å². The quantitative estimate of drug-likeness (QED) is 0.730. The van der Waals surface area contributed by atoms with E-state index in [1.807, 2.05) is 32.0 Å². The molecule has 2 heterocycles. The summed E-state index contributed by atoms with van der Waals surface area (Å²) in [5.41, 5.74) is 1.66. The van der Waals surface area contributed by atoms with Gasteiger partial charge < -0.3 is 20.7 Å². The van der Waals surface area contributed by atoms with Crippen LogP contribution in [0, 0.1) is 5.92 Å². The fraction of sp³-hybridized carbons (Fsp3) is 0.600. The first-order valence-electron chi connectivity index (χ1n) is 9.68. The van der Waals surface area contributed by atoms with Gasteiger partial charge in [-0.15, -0.1) is 0 Å². The van der Waals surface area contributed by atoms with Crippen molar-refractivity contribution < 1.29 is 14.3 Å². The lowest BCUT2D eigenvalue weighted by Crippen LogP contribution is -2.36. The SMILES string of the molecule is CCC1Oc2cc(C(C)NC(=O)CCC3CCNCC3)ccc2NC1=O. The number of nitrogens with one attached hydrogen (secondary N) is 3. The van der Waals surface area contributed by atoms with Crippen LogP contribution in [0.15, 0.2) is 18.2 Å². The normalized spacial score (nSPS) is 21.3. The van der Waals surface area contributed by atoms with Crippen molar-refractivity contribution in [3.05, 3.63) is 23.8 Å². The van der Waals surface area contributed by atoms with Gasteiger partial charge in [-0.3, -0.25) is 9.59 Å². The average molecular weight is 359 g/mol. The standard InChI is InChI=1S/C20H29N3O3/c1-3-17-20(25)23-16-6-5-15(12-18(16)26-17)13(2)22-19(24)7-4-14-8-10-21-11-9-14/h5-6,12-14,17,21H,3-4,7-11H2,1-2H3,(H,22,24)(H,23,25). The fourth-order valence-electron chi connectivity index (χ4n) is 3.60. The molecule has 6 nitrogen and oxygen atoms in total. The summed E-state index contributed by atoms with van der Waals surface area (Å²) >= 11 is 0. The van der Waals surface area contributed by atoms with E-state index >= 15 is 0 Å². The maximum atomic E-state index is 12.3. The largest absolute Gasteiger partial charge is 0.478 e. The van der Waals surface area contributed by atoms with Gasteiger partial charge in [0, 0.05) is 6.42 Å². The Labute approximate surface area is 155 Å². The summed E-state index contributed by atoms with van der Waals surface area (Å²) in [7, 11) is 0. The van der Waals surface area contributed by atoms with Crippen molar-refractivity contribution in [2.75, 3.05) is 18.4 Å². The van der Waals surface area contributed by atoms with Gasteiger partial charge in [0.05, 0.1) is 11.7 Å². The Kier molecular flexibility index (Phi) is 6.14. The topological polar surface area (TPSA) is 79.5 Å². The van der Waals surface area contributed by atoms with Crippen molar-refractivity contribution in [2.24, 2.45) is 5.92 Å². The molecule has 0 radical (unpaired) electrons. The number of piperidine rings is 1. The van der Waals surface area contributed by atoms with E-state index in [0.29, 0.717) is 30.2 Å². The van der Waals surface area contributed by atoms with E-state index in [1.165, 1.54) is 0 Å². The molecular weight excluding hydrogens is 330 g/mol. The van der Waals surface area contributed by atoms with Gasteiger partial charge in [-0.1, -0.05) is 13.0 Å². The van der Waals surface area contributed by atoms with Crippen molar-refractivity contribution >= 4 is 17.5 Å². The summed E-state index contributed by atoms with van der Waals surface area (Å²) in [6, 6.07) is 5.58. The first-order valence-corrected chi connectivity index (χ1v) is 9.68. The number of ether oxygens (including phenoxy) is 1. The number of hydrogen-bond donors (Lipinski definition) is 3. The Balaban J connectivity index is 1.55. The van der Waals surface area contributed by atoms with Crippen molar-refractivity contribution in [2.45, 2.75) is 58.1 Å². The molecule has 2 aliphatic rings. The Bertz CT molecular complexity index is 656. The van der Waals surface area contributed by atoms with E-state index in [9.17, 15) is 9.59 Å². The first kappa shape index (κ1) is 18.7. The Morgan fingerprint density at radius 3 is 2.85 bits per heavy atom. The molecule has 0 bridgehead atoms. The van der Waals surface area contributed by atoms with Gasteiger partial charge in [-0.05, 0) is 69.3 Å². The van der Waals surface area contributed by atoms with Crippen LogP contribution in [0.25, 0.3) is 0 Å². The Hall–Kier alpha value is -2.08. The minimum atomic E-state index is -0.451. The molecule has 0 aliphatic carbocycles. The van der Waals surface area contributed by atoms with Crippen LogP contribution < -0.4 is 20.7 Å². The Morgan fingerprint density at radius 2 is 2.12 bits per heavy atom. The maximum Gasteiger partial charge on any atom is 0.265 e. The first-order chi connectivity index (χ1) is 12.6. The highest BCUT2D eigenvalue weighted by atomic mass is 16.5. The van der Waals surface area contributed by atoms with Gasteiger partial charge in [0.25, 0.3) is 5.91 Å². The zero-order chi connectivity index (χ0) is 18.5. The number of hydrogen-bond acceptors (Lipinski definition) is 4. The monoisotopic (exact) mass is 359 g/mol. The van der Waals surface area contributed by atoms with E-state index in [0.717, 1.165) is 37.9 Å².